The van der Waals surface area contributed by atoms with Gasteiger partial charge < -0.3 is 4.42 Å². The molecule has 0 aliphatic rings. The summed E-state index contributed by atoms with van der Waals surface area (Å²) < 4.78 is 5.41. The summed E-state index contributed by atoms with van der Waals surface area (Å²) in [5.74, 6) is -0.309. The van der Waals surface area contributed by atoms with Crippen LogP contribution in [0.25, 0.3) is 17.2 Å². The third kappa shape index (κ3) is 3.30. The molecule has 3 aromatic rings. The quantitative estimate of drug-likeness (QED) is 0.740. The molecule has 1 amide bonds. The molecule has 0 unspecified atom stereocenters. The van der Waals surface area contributed by atoms with Crippen LogP contribution in [0.5, 0.6) is 0 Å². The summed E-state index contributed by atoms with van der Waals surface area (Å²) in [7, 11) is 0. The number of benzene rings is 2. The maximum absolute atomic E-state index is 11.8. The van der Waals surface area contributed by atoms with E-state index in [4.69, 9.17) is 16.0 Å². The lowest BCUT2D eigenvalue weighted by atomic mass is 10.2. The van der Waals surface area contributed by atoms with Gasteiger partial charge in [-0.1, -0.05) is 41.9 Å². The van der Waals surface area contributed by atoms with E-state index in [2.05, 4.69) is 10.3 Å². The molecule has 3 rings (SSSR count). The molecule has 21 heavy (non-hydrogen) atoms. The van der Waals surface area contributed by atoms with Gasteiger partial charge in [-0.3, -0.25) is 10.1 Å². The van der Waals surface area contributed by atoms with Crippen molar-refractivity contribution in [2.75, 3.05) is 5.32 Å². The van der Waals surface area contributed by atoms with Gasteiger partial charge in [-0.15, -0.1) is 0 Å². The molecule has 2 aromatic carbocycles. The first kappa shape index (κ1) is 13.4. The summed E-state index contributed by atoms with van der Waals surface area (Å²) in [4.78, 5) is 16.0. The number of anilines is 1. The molecular weight excluding hydrogens is 288 g/mol. The molecule has 0 aliphatic heterocycles. The number of fused-ring (bicyclic) bond motifs is 1. The van der Waals surface area contributed by atoms with E-state index >= 15 is 0 Å². The number of carbonyl (C=O) groups excluding carboxylic acids is 1. The number of amides is 1. The van der Waals surface area contributed by atoms with Crippen LogP contribution < -0.4 is 5.32 Å². The lowest BCUT2D eigenvalue weighted by Gasteiger charge is -1.94. The average molecular weight is 299 g/mol. The molecule has 0 atom stereocenters. The van der Waals surface area contributed by atoms with Crippen molar-refractivity contribution in [3.05, 3.63) is 65.2 Å². The van der Waals surface area contributed by atoms with Crippen molar-refractivity contribution in [2.45, 2.75) is 0 Å². The van der Waals surface area contributed by atoms with Gasteiger partial charge in [0.05, 0.1) is 0 Å². The first-order valence-electron chi connectivity index (χ1n) is 6.31. The fraction of sp³-hybridized carbons (Fsp3) is 0. The third-order valence-corrected chi connectivity index (χ3v) is 3.04. The molecule has 0 aliphatic carbocycles. The molecule has 5 heteroatoms. The zero-order chi connectivity index (χ0) is 14.7. The number of nitrogens with one attached hydrogen (secondary N) is 1. The largest absolute Gasteiger partial charge is 0.423 e. The molecule has 104 valence electrons. The molecular formula is C16H11ClN2O2. The lowest BCUT2D eigenvalue weighted by Crippen LogP contribution is -2.07. The highest BCUT2D eigenvalue weighted by atomic mass is 35.5. The number of aromatic nitrogens is 1. The summed E-state index contributed by atoms with van der Waals surface area (Å²) >= 11 is 5.87. The Bertz CT molecular complexity index is 810. The minimum Gasteiger partial charge on any atom is -0.423 e. The third-order valence-electron chi connectivity index (χ3n) is 2.81. The number of oxazole rings is 1. The Morgan fingerprint density at radius 3 is 2.81 bits per heavy atom. The molecule has 0 saturated heterocycles. The van der Waals surface area contributed by atoms with E-state index < -0.39 is 0 Å². The maximum atomic E-state index is 11.8. The van der Waals surface area contributed by atoms with Crippen LogP contribution in [0, 0.1) is 0 Å². The van der Waals surface area contributed by atoms with Crippen molar-refractivity contribution in [3.8, 4) is 0 Å². The summed E-state index contributed by atoms with van der Waals surface area (Å²) in [6.07, 6.45) is 3.14. The molecule has 1 heterocycles. The molecule has 4 nitrogen and oxygen atoms in total. The van der Waals surface area contributed by atoms with Gasteiger partial charge in [-0.2, -0.15) is 4.98 Å². The Morgan fingerprint density at radius 1 is 1.19 bits per heavy atom. The summed E-state index contributed by atoms with van der Waals surface area (Å²) in [6.45, 7) is 0. The van der Waals surface area contributed by atoms with E-state index in [9.17, 15) is 4.79 Å². The normalized spacial score (nSPS) is 11.1. The summed E-state index contributed by atoms with van der Waals surface area (Å²) in [5, 5.41) is 3.14. The number of hydrogen-bond acceptors (Lipinski definition) is 3. The molecule has 1 N–H and O–H groups in total. The fourth-order valence-corrected chi connectivity index (χ4v) is 2.00. The predicted molar refractivity (Wildman–Crippen MR) is 83.1 cm³/mol. The minimum absolute atomic E-state index is 0.148. The Balaban J connectivity index is 1.73. The van der Waals surface area contributed by atoms with Crippen molar-refractivity contribution in [1.82, 2.24) is 4.98 Å². The van der Waals surface area contributed by atoms with Crippen molar-refractivity contribution < 1.29 is 9.21 Å². The van der Waals surface area contributed by atoms with Crippen molar-refractivity contribution in [2.24, 2.45) is 0 Å². The van der Waals surface area contributed by atoms with Gasteiger partial charge in [0.15, 0.2) is 5.58 Å². The Labute approximate surface area is 126 Å². The molecule has 0 spiro atoms. The van der Waals surface area contributed by atoms with E-state index in [1.54, 1.807) is 24.3 Å². The van der Waals surface area contributed by atoms with Crippen molar-refractivity contribution in [3.63, 3.8) is 0 Å². The number of carbonyl (C=O) groups is 1. The molecule has 0 radical (unpaired) electrons. The number of hydrogen-bond donors (Lipinski definition) is 1. The van der Waals surface area contributed by atoms with Gasteiger partial charge in [0.1, 0.15) is 5.52 Å². The van der Waals surface area contributed by atoms with Gasteiger partial charge in [-0.25, -0.2) is 0 Å². The second kappa shape index (κ2) is 5.81. The van der Waals surface area contributed by atoms with E-state index in [0.717, 1.165) is 5.56 Å². The second-order valence-corrected chi connectivity index (χ2v) is 4.80. The van der Waals surface area contributed by atoms with Crippen molar-refractivity contribution >= 4 is 40.7 Å². The predicted octanol–water partition coefficient (Wildman–Crippen LogP) is 4.13. The van der Waals surface area contributed by atoms with Gasteiger partial charge in [0, 0.05) is 11.1 Å². The second-order valence-electron chi connectivity index (χ2n) is 4.36. The monoisotopic (exact) mass is 298 g/mol. The van der Waals surface area contributed by atoms with E-state index in [1.165, 1.54) is 6.08 Å². The maximum Gasteiger partial charge on any atom is 0.302 e. The average Bonchev–Trinajstić information content (AvgIpc) is 2.87. The summed E-state index contributed by atoms with van der Waals surface area (Å²) in [6, 6.07) is 14.8. The SMILES string of the molecule is O=C(/C=C\c1ccccc1)Nc1nc2cc(Cl)ccc2o1. The van der Waals surface area contributed by atoms with Gasteiger partial charge in [0.2, 0.25) is 0 Å². The van der Waals surface area contributed by atoms with E-state index in [1.807, 2.05) is 30.3 Å². The standard InChI is InChI=1S/C16H11ClN2O2/c17-12-7-8-14-13(10-12)18-16(21-14)19-15(20)9-6-11-4-2-1-3-5-11/h1-10H,(H,18,19,20)/b9-6-. The smallest absolute Gasteiger partial charge is 0.302 e. The first-order valence-corrected chi connectivity index (χ1v) is 6.69. The van der Waals surface area contributed by atoms with Crippen LogP contribution in [-0.2, 0) is 4.79 Å². The molecule has 0 fully saturated rings. The number of halogens is 1. The van der Waals surface area contributed by atoms with Crippen LogP contribution in [-0.4, -0.2) is 10.9 Å². The van der Waals surface area contributed by atoms with Crippen LogP contribution in [0.3, 0.4) is 0 Å². The summed E-state index contributed by atoms with van der Waals surface area (Å²) in [5.41, 5.74) is 2.11. The number of rotatable bonds is 3. The lowest BCUT2D eigenvalue weighted by molar-refractivity contribution is -0.112. The Morgan fingerprint density at radius 2 is 2.00 bits per heavy atom. The molecule has 0 bridgehead atoms. The minimum atomic E-state index is -0.309. The highest BCUT2D eigenvalue weighted by Crippen LogP contribution is 2.22. The zero-order valence-electron chi connectivity index (χ0n) is 10.9. The number of nitrogens with zero attached hydrogens (tertiary/aromatic N) is 1. The Kier molecular flexibility index (Phi) is 3.71. The van der Waals surface area contributed by atoms with Gasteiger partial charge in [0.25, 0.3) is 5.91 Å². The van der Waals surface area contributed by atoms with Crippen molar-refractivity contribution in [1.29, 1.82) is 0 Å². The van der Waals surface area contributed by atoms with Crippen LogP contribution in [0.2, 0.25) is 5.02 Å². The molecule has 1 aromatic heterocycles. The van der Waals surface area contributed by atoms with Crippen LogP contribution in [0.1, 0.15) is 5.56 Å². The fourth-order valence-electron chi connectivity index (χ4n) is 1.84. The highest BCUT2D eigenvalue weighted by molar-refractivity contribution is 6.31. The molecule has 0 saturated carbocycles. The van der Waals surface area contributed by atoms with Crippen LogP contribution in [0.4, 0.5) is 6.01 Å². The van der Waals surface area contributed by atoms with Gasteiger partial charge in [-0.05, 0) is 29.8 Å². The van der Waals surface area contributed by atoms with E-state index in [0.29, 0.717) is 16.1 Å². The van der Waals surface area contributed by atoms with E-state index in [-0.39, 0.29) is 11.9 Å². The van der Waals surface area contributed by atoms with Crippen LogP contribution >= 0.6 is 11.6 Å². The highest BCUT2D eigenvalue weighted by Gasteiger charge is 2.07. The van der Waals surface area contributed by atoms with Gasteiger partial charge >= 0.3 is 6.01 Å². The Hall–Kier alpha value is -2.59. The first-order chi connectivity index (χ1) is 10.2. The topological polar surface area (TPSA) is 55.1 Å². The zero-order valence-corrected chi connectivity index (χ0v) is 11.7. The van der Waals surface area contributed by atoms with Crippen LogP contribution in [0.15, 0.2) is 59.0 Å².